The first-order chi connectivity index (χ1) is 9.63. The molecule has 0 bridgehead atoms. The summed E-state index contributed by atoms with van der Waals surface area (Å²) in [5.74, 6) is 0.331. The number of benzene rings is 1. The van der Waals surface area contributed by atoms with Gasteiger partial charge in [-0.3, -0.25) is 0 Å². The van der Waals surface area contributed by atoms with Crippen LogP contribution in [0.1, 0.15) is 30.9 Å². The molecular weight excluding hydrogens is 290 g/mol. The summed E-state index contributed by atoms with van der Waals surface area (Å²) in [4.78, 5) is 0. The van der Waals surface area contributed by atoms with Gasteiger partial charge in [-0.15, -0.1) is 11.3 Å². The summed E-state index contributed by atoms with van der Waals surface area (Å²) < 4.78 is 26.0. The second-order valence-electron chi connectivity index (χ2n) is 5.35. The normalized spacial score (nSPS) is 23.8. The van der Waals surface area contributed by atoms with E-state index in [1.165, 1.54) is 10.1 Å². The highest BCUT2D eigenvalue weighted by molar-refractivity contribution is 7.92. The van der Waals surface area contributed by atoms with Crippen molar-refractivity contribution in [2.45, 2.75) is 30.6 Å². The molecule has 0 spiro atoms. The van der Waals surface area contributed by atoms with Crippen molar-refractivity contribution in [3.63, 3.8) is 0 Å². The van der Waals surface area contributed by atoms with Crippen LogP contribution in [0.2, 0.25) is 0 Å². The summed E-state index contributed by atoms with van der Waals surface area (Å²) in [5.41, 5.74) is 1.13. The van der Waals surface area contributed by atoms with E-state index in [4.69, 9.17) is 0 Å². The first kappa shape index (κ1) is 14.0. The number of hydrogen-bond donors (Lipinski definition) is 1. The lowest BCUT2D eigenvalue weighted by Crippen LogP contribution is -2.39. The molecule has 1 aromatic carbocycles. The van der Waals surface area contributed by atoms with Crippen molar-refractivity contribution in [3.8, 4) is 0 Å². The fourth-order valence-electron chi connectivity index (χ4n) is 3.13. The summed E-state index contributed by atoms with van der Waals surface area (Å²) in [6.07, 6.45) is 2.57. The summed E-state index contributed by atoms with van der Waals surface area (Å²) in [7, 11) is -1.13. The molecule has 3 rings (SSSR count). The zero-order valence-electron chi connectivity index (χ0n) is 11.5. The number of hydrogen-bond acceptors (Lipinski definition) is 4. The molecule has 0 amide bonds. The van der Waals surface area contributed by atoms with Crippen LogP contribution < -0.4 is 5.32 Å². The average Bonchev–Trinajstić information content (AvgIpc) is 2.85. The maximum atomic E-state index is 12.4. The zero-order valence-corrected chi connectivity index (χ0v) is 13.1. The van der Waals surface area contributed by atoms with Crippen LogP contribution in [0.3, 0.4) is 0 Å². The van der Waals surface area contributed by atoms with Crippen LogP contribution in [0.5, 0.6) is 0 Å². The molecule has 0 saturated carbocycles. The molecule has 1 N–H and O–H groups in total. The molecular formula is C15H19NO2S2. The molecule has 0 aliphatic carbocycles. The van der Waals surface area contributed by atoms with Crippen molar-refractivity contribution in [2.75, 3.05) is 12.8 Å². The van der Waals surface area contributed by atoms with E-state index in [2.05, 4.69) is 22.8 Å². The van der Waals surface area contributed by atoms with Gasteiger partial charge in [0, 0.05) is 4.70 Å². The molecule has 2 aromatic rings. The Hall–Kier alpha value is -0.910. The fraction of sp³-hybridized carbons (Fsp3) is 0.467. The maximum Gasteiger partial charge on any atom is 0.155 e. The fourth-order valence-corrected chi connectivity index (χ4v) is 6.26. The number of rotatable bonds is 3. The minimum Gasteiger partial charge on any atom is -0.312 e. The molecule has 5 heteroatoms. The topological polar surface area (TPSA) is 46.2 Å². The van der Waals surface area contributed by atoms with E-state index in [1.54, 1.807) is 11.3 Å². The van der Waals surface area contributed by atoms with Crippen molar-refractivity contribution in [3.05, 3.63) is 35.2 Å². The summed E-state index contributed by atoms with van der Waals surface area (Å²) in [6, 6.07) is 8.11. The van der Waals surface area contributed by atoms with Gasteiger partial charge in [0.2, 0.25) is 0 Å². The number of sulfone groups is 1. The van der Waals surface area contributed by atoms with Crippen molar-refractivity contribution in [1.29, 1.82) is 0 Å². The third-order valence-corrected chi connectivity index (χ3v) is 7.43. The van der Waals surface area contributed by atoms with Crippen LogP contribution in [-0.4, -0.2) is 26.5 Å². The molecule has 3 nitrogen and oxygen atoms in total. The lowest BCUT2D eigenvalue weighted by molar-refractivity contribution is 0.471. The van der Waals surface area contributed by atoms with Crippen molar-refractivity contribution in [2.24, 2.45) is 0 Å². The lowest BCUT2D eigenvalue weighted by atomic mass is 9.99. The maximum absolute atomic E-state index is 12.4. The van der Waals surface area contributed by atoms with Crippen molar-refractivity contribution < 1.29 is 8.42 Å². The van der Waals surface area contributed by atoms with E-state index in [1.807, 2.05) is 19.2 Å². The van der Waals surface area contributed by atoms with Crippen LogP contribution in [0.25, 0.3) is 10.1 Å². The molecule has 1 aliphatic heterocycles. The van der Waals surface area contributed by atoms with Crippen molar-refractivity contribution >= 4 is 31.3 Å². The van der Waals surface area contributed by atoms with Gasteiger partial charge in [0.1, 0.15) is 0 Å². The molecule has 1 fully saturated rings. The molecule has 108 valence electrons. The van der Waals surface area contributed by atoms with Crippen LogP contribution in [0.15, 0.2) is 29.6 Å². The Morgan fingerprint density at radius 3 is 2.85 bits per heavy atom. The van der Waals surface area contributed by atoms with Crippen LogP contribution in [0.4, 0.5) is 0 Å². The third-order valence-electron chi connectivity index (χ3n) is 4.16. The van der Waals surface area contributed by atoms with E-state index in [9.17, 15) is 8.42 Å². The summed E-state index contributed by atoms with van der Waals surface area (Å²) in [6.45, 7) is 0. The van der Waals surface area contributed by atoms with Gasteiger partial charge in [0.05, 0.1) is 17.0 Å². The molecule has 1 saturated heterocycles. The molecule has 2 unspecified atom stereocenters. The Kier molecular flexibility index (Phi) is 3.84. The van der Waals surface area contributed by atoms with E-state index < -0.39 is 9.84 Å². The minimum absolute atomic E-state index is 0.101. The highest BCUT2D eigenvalue weighted by atomic mass is 32.2. The summed E-state index contributed by atoms with van der Waals surface area (Å²) in [5, 5.41) is 6.24. The van der Waals surface area contributed by atoms with Gasteiger partial charge in [-0.2, -0.15) is 0 Å². The first-order valence-electron chi connectivity index (χ1n) is 6.98. The van der Waals surface area contributed by atoms with Gasteiger partial charge in [-0.1, -0.05) is 24.6 Å². The van der Waals surface area contributed by atoms with Gasteiger partial charge < -0.3 is 5.32 Å². The van der Waals surface area contributed by atoms with Gasteiger partial charge in [0.25, 0.3) is 0 Å². The molecule has 2 heterocycles. The van der Waals surface area contributed by atoms with Crippen LogP contribution in [0, 0.1) is 0 Å². The smallest absolute Gasteiger partial charge is 0.155 e. The van der Waals surface area contributed by atoms with Crippen LogP contribution >= 0.6 is 11.3 Å². The summed E-state index contributed by atoms with van der Waals surface area (Å²) >= 11 is 1.69. The Balaban J connectivity index is 2.05. The number of thiophene rings is 1. The van der Waals surface area contributed by atoms with Gasteiger partial charge in [0.15, 0.2) is 9.84 Å². The Morgan fingerprint density at radius 2 is 2.10 bits per heavy atom. The predicted molar refractivity (Wildman–Crippen MR) is 85.1 cm³/mol. The first-order valence-corrected chi connectivity index (χ1v) is 9.58. The van der Waals surface area contributed by atoms with E-state index >= 15 is 0 Å². The molecule has 1 aromatic heterocycles. The minimum atomic E-state index is -2.99. The Morgan fingerprint density at radius 1 is 1.30 bits per heavy atom. The van der Waals surface area contributed by atoms with Gasteiger partial charge in [-0.05, 0) is 42.3 Å². The average molecular weight is 309 g/mol. The Labute approximate surface area is 123 Å². The Bertz CT molecular complexity index is 705. The van der Waals surface area contributed by atoms with Gasteiger partial charge in [-0.25, -0.2) is 8.42 Å². The molecule has 0 radical (unpaired) electrons. The number of fused-ring (bicyclic) bond motifs is 1. The highest BCUT2D eigenvalue weighted by Crippen LogP contribution is 2.36. The SMILES string of the molecule is CNC(c1csc2ccccc12)C1CCCCS1(=O)=O. The highest BCUT2D eigenvalue weighted by Gasteiger charge is 2.36. The second-order valence-corrected chi connectivity index (χ2v) is 8.61. The third kappa shape index (κ3) is 2.38. The van der Waals surface area contributed by atoms with E-state index in [0.717, 1.165) is 24.8 Å². The van der Waals surface area contributed by atoms with E-state index in [-0.39, 0.29) is 11.3 Å². The molecule has 20 heavy (non-hydrogen) atoms. The zero-order chi connectivity index (χ0) is 14.2. The molecule has 1 aliphatic rings. The quantitative estimate of drug-likeness (QED) is 0.947. The molecule has 2 atom stereocenters. The van der Waals surface area contributed by atoms with Crippen LogP contribution in [-0.2, 0) is 9.84 Å². The predicted octanol–water partition coefficient (Wildman–Crippen LogP) is 3.13. The van der Waals surface area contributed by atoms with E-state index in [0.29, 0.717) is 5.75 Å². The largest absolute Gasteiger partial charge is 0.312 e. The standard InChI is InChI=1S/C15H19NO2S2/c1-16-15(14-8-4-5-9-20(14,17)18)12-10-19-13-7-3-2-6-11(12)13/h2-3,6-7,10,14-16H,4-5,8-9H2,1H3. The van der Waals surface area contributed by atoms with Gasteiger partial charge >= 0.3 is 0 Å². The van der Waals surface area contributed by atoms with Crippen molar-refractivity contribution in [1.82, 2.24) is 5.32 Å². The lowest BCUT2D eigenvalue weighted by Gasteiger charge is -2.29. The monoisotopic (exact) mass is 309 g/mol. The second kappa shape index (κ2) is 5.47. The number of nitrogens with one attached hydrogen (secondary N) is 1.